The summed E-state index contributed by atoms with van der Waals surface area (Å²) in [5.41, 5.74) is -0.631. The van der Waals surface area contributed by atoms with Crippen LogP contribution in [0.4, 0.5) is 8.78 Å². The van der Waals surface area contributed by atoms with E-state index in [1.165, 1.54) is 25.3 Å². The Morgan fingerprint density at radius 2 is 1.77 bits per heavy atom. The summed E-state index contributed by atoms with van der Waals surface area (Å²) in [6.07, 6.45) is 0.614. The van der Waals surface area contributed by atoms with Gasteiger partial charge in [0.2, 0.25) is 0 Å². The van der Waals surface area contributed by atoms with Crippen molar-refractivity contribution in [3.8, 4) is 17.2 Å². The number of carbonyl (C=O) groups is 2. The highest BCUT2D eigenvalue weighted by Crippen LogP contribution is 2.32. The lowest BCUT2D eigenvalue weighted by Crippen LogP contribution is -2.28. The molecule has 0 spiro atoms. The third kappa shape index (κ3) is 6.85. The molecule has 0 bridgehead atoms. The van der Waals surface area contributed by atoms with E-state index in [9.17, 15) is 18.4 Å². The fraction of sp³-hybridized carbons (Fsp3) is 0.556. The lowest BCUT2D eigenvalue weighted by molar-refractivity contribution is -0.155. The molecule has 0 unspecified atom stereocenters. The minimum Gasteiger partial charge on any atom is -0.493 e. The van der Waals surface area contributed by atoms with Gasteiger partial charge in [0, 0.05) is 13.0 Å². The maximum Gasteiger partial charge on any atom is 0.344 e. The van der Waals surface area contributed by atoms with E-state index in [4.69, 9.17) is 14.2 Å². The predicted molar refractivity (Wildman–Crippen MR) is 89.8 cm³/mol. The van der Waals surface area contributed by atoms with Gasteiger partial charge in [0.05, 0.1) is 12.5 Å². The van der Waals surface area contributed by atoms with E-state index in [1.807, 2.05) is 6.92 Å². The van der Waals surface area contributed by atoms with E-state index in [2.05, 4.69) is 4.74 Å². The average molecular weight is 374 g/mol. The number of alkyl halides is 2. The molecule has 1 aromatic carbocycles. The van der Waals surface area contributed by atoms with Crippen LogP contribution < -0.4 is 14.2 Å². The van der Waals surface area contributed by atoms with E-state index in [1.54, 1.807) is 13.8 Å². The van der Waals surface area contributed by atoms with Gasteiger partial charge in [0.1, 0.15) is 5.75 Å². The van der Waals surface area contributed by atoms with Gasteiger partial charge in [-0.3, -0.25) is 4.79 Å². The smallest absolute Gasteiger partial charge is 0.344 e. The van der Waals surface area contributed by atoms with E-state index >= 15 is 0 Å². The number of benzene rings is 1. The van der Waals surface area contributed by atoms with E-state index in [0.717, 1.165) is 0 Å². The zero-order valence-corrected chi connectivity index (χ0v) is 15.6. The molecule has 0 radical (unpaired) electrons. The van der Waals surface area contributed by atoms with Crippen LogP contribution in [-0.2, 0) is 14.3 Å². The van der Waals surface area contributed by atoms with Crippen molar-refractivity contribution in [1.29, 1.82) is 0 Å². The predicted octanol–water partition coefficient (Wildman–Crippen LogP) is 3.61. The van der Waals surface area contributed by atoms with Crippen molar-refractivity contribution >= 4 is 11.9 Å². The molecule has 8 heteroatoms. The second-order valence-electron chi connectivity index (χ2n) is 6.46. The minimum atomic E-state index is -3.11. The van der Waals surface area contributed by atoms with Gasteiger partial charge in [-0.25, -0.2) is 13.6 Å². The Balaban J connectivity index is 2.71. The topological polar surface area (TPSA) is 71.1 Å². The Kier molecular flexibility index (Phi) is 7.35. The Morgan fingerprint density at radius 1 is 1.12 bits per heavy atom. The van der Waals surface area contributed by atoms with E-state index in [0.29, 0.717) is 13.3 Å². The SMILES string of the molecule is CCC(C)(C)C(=O)Oc1ccc(OCC(=O)OCC(C)(F)F)c(OC)c1. The summed E-state index contributed by atoms with van der Waals surface area (Å²) in [4.78, 5) is 23.5. The molecule has 0 aliphatic heterocycles. The summed E-state index contributed by atoms with van der Waals surface area (Å²) >= 11 is 0. The zero-order chi connectivity index (χ0) is 20.0. The van der Waals surface area contributed by atoms with Gasteiger partial charge in [-0.1, -0.05) is 6.92 Å². The summed E-state index contributed by atoms with van der Waals surface area (Å²) in [6, 6.07) is 4.36. The number of carbonyl (C=O) groups excluding carboxylic acids is 2. The van der Waals surface area contributed by atoms with Gasteiger partial charge in [0.15, 0.2) is 24.7 Å². The normalized spacial score (nSPS) is 11.7. The molecule has 0 atom stereocenters. The van der Waals surface area contributed by atoms with Crippen molar-refractivity contribution in [2.75, 3.05) is 20.3 Å². The maximum atomic E-state index is 12.6. The molecule has 0 aliphatic carbocycles. The first-order chi connectivity index (χ1) is 12.0. The molecule has 0 saturated heterocycles. The number of rotatable bonds is 9. The monoisotopic (exact) mass is 374 g/mol. The number of halogens is 2. The van der Waals surface area contributed by atoms with Crippen LogP contribution >= 0.6 is 0 Å². The fourth-order valence-electron chi connectivity index (χ4n) is 1.61. The van der Waals surface area contributed by atoms with Gasteiger partial charge in [-0.15, -0.1) is 0 Å². The Bertz CT molecular complexity index is 637. The van der Waals surface area contributed by atoms with Crippen LogP contribution in [-0.4, -0.2) is 38.2 Å². The highest BCUT2D eigenvalue weighted by molar-refractivity contribution is 5.78. The van der Waals surface area contributed by atoms with Crippen molar-refractivity contribution in [1.82, 2.24) is 0 Å². The molecule has 146 valence electrons. The highest BCUT2D eigenvalue weighted by atomic mass is 19.3. The number of methoxy groups -OCH3 is 1. The van der Waals surface area contributed by atoms with Gasteiger partial charge < -0.3 is 18.9 Å². The molecule has 0 aromatic heterocycles. The molecule has 0 amide bonds. The van der Waals surface area contributed by atoms with Gasteiger partial charge in [-0.05, 0) is 32.4 Å². The largest absolute Gasteiger partial charge is 0.493 e. The molecule has 1 rings (SSSR count). The Morgan fingerprint density at radius 3 is 2.31 bits per heavy atom. The van der Waals surface area contributed by atoms with Crippen LogP contribution in [0, 0.1) is 5.41 Å². The van der Waals surface area contributed by atoms with Crippen molar-refractivity contribution in [2.24, 2.45) is 5.41 Å². The zero-order valence-electron chi connectivity index (χ0n) is 15.6. The van der Waals surface area contributed by atoms with Crippen molar-refractivity contribution in [2.45, 2.75) is 40.0 Å². The quantitative estimate of drug-likeness (QED) is 0.486. The van der Waals surface area contributed by atoms with Crippen LogP contribution in [0.15, 0.2) is 18.2 Å². The van der Waals surface area contributed by atoms with Crippen LogP contribution in [0.1, 0.15) is 34.1 Å². The number of esters is 2. The average Bonchev–Trinajstić information content (AvgIpc) is 2.57. The number of ether oxygens (including phenoxy) is 4. The first-order valence-electron chi connectivity index (χ1n) is 8.05. The molecular formula is C18H24F2O6. The molecule has 26 heavy (non-hydrogen) atoms. The van der Waals surface area contributed by atoms with Crippen molar-refractivity contribution in [3.05, 3.63) is 18.2 Å². The summed E-state index contributed by atoms with van der Waals surface area (Å²) < 4.78 is 45.4. The van der Waals surface area contributed by atoms with Gasteiger partial charge >= 0.3 is 11.9 Å². The van der Waals surface area contributed by atoms with Crippen LogP contribution in [0.5, 0.6) is 17.2 Å². The third-order valence-electron chi connectivity index (χ3n) is 3.61. The first-order valence-corrected chi connectivity index (χ1v) is 8.05. The molecule has 0 saturated carbocycles. The molecule has 0 heterocycles. The summed E-state index contributed by atoms with van der Waals surface area (Å²) in [6.45, 7) is 4.49. The number of hydrogen-bond acceptors (Lipinski definition) is 6. The Hall–Kier alpha value is -2.38. The molecule has 0 aliphatic rings. The molecule has 0 N–H and O–H groups in total. The summed E-state index contributed by atoms with van der Waals surface area (Å²) in [5.74, 6) is -3.77. The van der Waals surface area contributed by atoms with Gasteiger partial charge in [-0.2, -0.15) is 0 Å². The lowest BCUT2D eigenvalue weighted by atomic mass is 9.91. The minimum absolute atomic E-state index is 0.183. The van der Waals surface area contributed by atoms with Crippen LogP contribution in [0.2, 0.25) is 0 Å². The van der Waals surface area contributed by atoms with E-state index < -0.39 is 30.5 Å². The third-order valence-corrected chi connectivity index (χ3v) is 3.61. The molecule has 0 fully saturated rings. The fourth-order valence-corrected chi connectivity index (χ4v) is 1.61. The molecule has 6 nitrogen and oxygen atoms in total. The lowest BCUT2D eigenvalue weighted by Gasteiger charge is -2.20. The molecule has 1 aromatic rings. The Labute approximate surface area is 151 Å². The standard InChI is InChI=1S/C18H24F2O6/c1-6-17(2,3)16(22)26-12-7-8-13(14(9-12)23-5)24-10-15(21)25-11-18(4,19)20/h7-9H,6,10-11H2,1-5H3. The molecular weight excluding hydrogens is 350 g/mol. The summed E-state index contributed by atoms with van der Waals surface area (Å²) in [7, 11) is 1.37. The first kappa shape index (κ1) is 21.7. The van der Waals surface area contributed by atoms with Crippen molar-refractivity contribution in [3.63, 3.8) is 0 Å². The second-order valence-corrected chi connectivity index (χ2v) is 6.46. The summed E-state index contributed by atoms with van der Waals surface area (Å²) in [5, 5.41) is 0. The highest BCUT2D eigenvalue weighted by Gasteiger charge is 2.28. The number of hydrogen-bond donors (Lipinski definition) is 0. The maximum absolute atomic E-state index is 12.6. The van der Waals surface area contributed by atoms with Crippen LogP contribution in [0.25, 0.3) is 0 Å². The van der Waals surface area contributed by atoms with Crippen LogP contribution in [0.3, 0.4) is 0 Å². The van der Waals surface area contributed by atoms with Crippen molar-refractivity contribution < 1.29 is 37.3 Å². The van der Waals surface area contributed by atoms with Gasteiger partial charge in [0.25, 0.3) is 5.92 Å². The second kappa shape index (κ2) is 8.82. The van der Waals surface area contributed by atoms with E-state index in [-0.39, 0.29) is 23.2 Å².